The van der Waals surface area contributed by atoms with Crippen LogP contribution in [0.25, 0.3) is 6.08 Å². The molecule has 0 bridgehead atoms. The van der Waals surface area contributed by atoms with Gasteiger partial charge in [0.1, 0.15) is 6.29 Å². The van der Waals surface area contributed by atoms with Crippen LogP contribution in [0.15, 0.2) is 26.8 Å². The fourth-order valence-electron chi connectivity index (χ4n) is 1.03. The van der Waals surface area contributed by atoms with Crippen LogP contribution in [-0.4, -0.2) is 11.3 Å². The molecule has 0 unspecified atom stereocenters. The van der Waals surface area contributed by atoms with Gasteiger partial charge in [-0.15, -0.1) is 0 Å². The molecule has 0 fully saturated rings. The molecule has 2 nitrogen and oxygen atoms in total. The summed E-state index contributed by atoms with van der Waals surface area (Å²) in [6.45, 7) is 3.96. The van der Waals surface area contributed by atoms with Crippen molar-refractivity contribution in [3.8, 4) is 0 Å². The number of halogens is 2. The monoisotopic (exact) mass is 331 g/mol. The lowest BCUT2D eigenvalue weighted by atomic mass is 10.0. The van der Waals surface area contributed by atoms with Crippen molar-refractivity contribution >= 4 is 44.2 Å². The normalized spacial score (nSPS) is 11.9. The van der Waals surface area contributed by atoms with Crippen molar-refractivity contribution in [1.29, 1.82) is 0 Å². The van der Waals surface area contributed by atoms with Crippen molar-refractivity contribution < 1.29 is 4.79 Å². The van der Waals surface area contributed by atoms with E-state index < -0.39 is 0 Å². The molecule has 0 amide bonds. The average Bonchev–Trinajstić information content (AvgIpc) is 2.16. The Morgan fingerprint density at radius 3 is 2.60 bits per heavy atom. The molecule has 4 heteroatoms. The maximum atomic E-state index is 10.8. The van der Waals surface area contributed by atoms with E-state index in [9.17, 15) is 4.79 Å². The molecule has 1 aromatic heterocycles. The third-order valence-corrected chi connectivity index (χ3v) is 3.01. The SMILES string of the molecule is CC(C)C(C=O)=Cc1ncc(Br)cc1Br. The number of hydrogen-bond donors (Lipinski definition) is 0. The van der Waals surface area contributed by atoms with E-state index in [-0.39, 0.29) is 5.92 Å². The number of pyridine rings is 1. The fourth-order valence-corrected chi connectivity index (χ4v) is 2.13. The number of rotatable bonds is 3. The molecule has 0 aliphatic heterocycles. The van der Waals surface area contributed by atoms with Crippen LogP contribution >= 0.6 is 31.9 Å². The zero-order valence-electron chi connectivity index (χ0n) is 8.50. The lowest BCUT2D eigenvalue weighted by Crippen LogP contribution is -1.96. The number of carbonyl (C=O) groups excluding carboxylic acids is 1. The first-order valence-electron chi connectivity index (χ1n) is 4.52. The molecule has 80 valence electrons. The van der Waals surface area contributed by atoms with E-state index in [0.717, 1.165) is 26.5 Å². The molecular formula is C11H11Br2NO. The smallest absolute Gasteiger partial charge is 0.146 e. The zero-order chi connectivity index (χ0) is 11.4. The Hall–Kier alpha value is -0.480. The number of aldehydes is 1. The van der Waals surface area contributed by atoms with Gasteiger partial charge in [-0.05, 0) is 55.5 Å². The van der Waals surface area contributed by atoms with Crippen molar-refractivity contribution in [2.45, 2.75) is 13.8 Å². The third kappa shape index (κ3) is 3.54. The van der Waals surface area contributed by atoms with Gasteiger partial charge in [-0.1, -0.05) is 13.8 Å². The third-order valence-electron chi connectivity index (χ3n) is 1.94. The molecule has 1 aromatic rings. The highest BCUT2D eigenvalue weighted by Gasteiger charge is 2.05. The molecule has 0 radical (unpaired) electrons. The first kappa shape index (κ1) is 12.6. The number of carbonyl (C=O) groups is 1. The Balaban J connectivity index is 3.11. The summed E-state index contributed by atoms with van der Waals surface area (Å²) in [6.07, 6.45) is 4.38. The maximum Gasteiger partial charge on any atom is 0.146 e. The van der Waals surface area contributed by atoms with Crippen molar-refractivity contribution in [2.75, 3.05) is 0 Å². The summed E-state index contributed by atoms with van der Waals surface area (Å²) in [5, 5.41) is 0. The Morgan fingerprint density at radius 1 is 1.47 bits per heavy atom. The van der Waals surface area contributed by atoms with Gasteiger partial charge in [0.2, 0.25) is 0 Å². The van der Waals surface area contributed by atoms with E-state index in [2.05, 4.69) is 36.8 Å². The van der Waals surface area contributed by atoms with Gasteiger partial charge < -0.3 is 0 Å². The molecule has 1 heterocycles. The van der Waals surface area contributed by atoms with Gasteiger partial charge in [-0.3, -0.25) is 9.78 Å². The highest BCUT2D eigenvalue weighted by Crippen LogP contribution is 2.22. The average molecular weight is 333 g/mol. The zero-order valence-corrected chi connectivity index (χ0v) is 11.7. The predicted octanol–water partition coefficient (Wildman–Crippen LogP) is 3.84. The molecule has 1 rings (SSSR count). The first-order valence-corrected chi connectivity index (χ1v) is 6.11. The van der Waals surface area contributed by atoms with Gasteiger partial charge in [-0.25, -0.2) is 0 Å². The van der Waals surface area contributed by atoms with Crippen LogP contribution in [-0.2, 0) is 4.79 Å². The minimum Gasteiger partial charge on any atom is -0.298 e. The highest BCUT2D eigenvalue weighted by molar-refractivity contribution is 9.11. The van der Waals surface area contributed by atoms with E-state index in [1.807, 2.05) is 19.9 Å². The second kappa shape index (κ2) is 5.56. The standard InChI is InChI=1S/C11H11Br2NO/c1-7(2)8(6-15)3-11-10(13)4-9(12)5-14-11/h3-7H,1-2H3. The molecule has 0 spiro atoms. The summed E-state index contributed by atoms with van der Waals surface area (Å²) < 4.78 is 1.78. The second-order valence-corrected chi connectivity index (χ2v) is 5.21. The summed E-state index contributed by atoms with van der Waals surface area (Å²) in [4.78, 5) is 15.0. The number of hydrogen-bond acceptors (Lipinski definition) is 2. The lowest BCUT2D eigenvalue weighted by molar-refractivity contribution is -0.105. The van der Waals surface area contributed by atoms with E-state index in [4.69, 9.17) is 0 Å². The Labute approximate surface area is 106 Å². The van der Waals surface area contributed by atoms with Crippen LogP contribution in [0.2, 0.25) is 0 Å². The molecular weight excluding hydrogens is 322 g/mol. The maximum absolute atomic E-state index is 10.8. The Bertz CT molecular complexity index is 400. The molecule has 0 saturated heterocycles. The van der Waals surface area contributed by atoms with E-state index in [0.29, 0.717) is 0 Å². The number of nitrogens with zero attached hydrogens (tertiary/aromatic N) is 1. The molecule has 0 N–H and O–H groups in total. The molecule has 0 saturated carbocycles. The highest BCUT2D eigenvalue weighted by atomic mass is 79.9. The Morgan fingerprint density at radius 2 is 2.13 bits per heavy atom. The van der Waals surface area contributed by atoms with Gasteiger partial charge in [-0.2, -0.15) is 0 Å². The summed E-state index contributed by atoms with van der Waals surface area (Å²) in [6, 6.07) is 1.90. The largest absolute Gasteiger partial charge is 0.298 e. The Kier molecular flexibility index (Phi) is 4.67. The molecule has 0 aliphatic carbocycles. The summed E-state index contributed by atoms with van der Waals surface area (Å²) >= 11 is 6.73. The quantitative estimate of drug-likeness (QED) is 0.621. The van der Waals surface area contributed by atoms with Gasteiger partial charge in [0.05, 0.1) is 5.69 Å². The van der Waals surface area contributed by atoms with Crippen molar-refractivity contribution in [2.24, 2.45) is 5.92 Å². The van der Waals surface area contributed by atoms with Gasteiger partial charge in [0.15, 0.2) is 0 Å². The number of allylic oxidation sites excluding steroid dienone is 1. The van der Waals surface area contributed by atoms with Crippen molar-refractivity contribution in [3.05, 3.63) is 32.5 Å². The van der Waals surface area contributed by atoms with E-state index >= 15 is 0 Å². The summed E-state index contributed by atoms with van der Waals surface area (Å²) in [7, 11) is 0. The second-order valence-electron chi connectivity index (χ2n) is 3.44. The van der Waals surface area contributed by atoms with Gasteiger partial charge >= 0.3 is 0 Å². The molecule has 0 atom stereocenters. The van der Waals surface area contributed by atoms with Crippen LogP contribution in [0.1, 0.15) is 19.5 Å². The van der Waals surface area contributed by atoms with Gasteiger partial charge in [0.25, 0.3) is 0 Å². The summed E-state index contributed by atoms with van der Waals surface area (Å²) in [5.74, 6) is 0.208. The van der Waals surface area contributed by atoms with E-state index in [1.54, 1.807) is 12.3 Å². The first-order chi connectivity index (χ1) is 7.04. The minimum absolute atomic E-state index is 0.208. The summed E-state index contributed by atoms with van der Waals surface area (Å²) in [5.41, 5.74) is 1.51. The minimum atomic E-state index is 0.208. The van der Waals surface area contributed by atoms with Gasteiger partial charge in [0, 0.05) is 15.1 Å². The van der Waals surface area contributed by atoms with Crippen molar-refractivity contribution in [1.82, 2.24) is 4.98 Å². The fraction of sp³-hybridized carbons (Fsp3) is 0.273. The van der Waals surface area contributed by atoms with Crippen LogP contribution in [0.5, 0.6) is 0 Å². The van der Waals surface area contributed by atoms with Crippen LogP contribution in [0.3, 0.4) is 0 Å². The molecule has 0 aliphatic rings. The topological polar surface area (TPSA) is 30.0 Å². The number of aromatic nitrogens is 1. The van der Waals surface area contributed by atoms with Crippen LogP contribution in [0.4, 0.5) is 0 Å². The molecule has 0 aromatic carbocycles. The predicted molar refractivity (Wildman–Crippen MR) is 68.5 cm³/mol. The van der Waals surface area contributed by atoms with Crippen LogP contribution in [0, 0.1) is 5.92 Å². The molecule has 15 heavy (non-hydrogen) atoms. The lowest BCUT2D eigenvalue weighted by Gasteiger charge is -2.04. The van der Waals surface area contributed by atoms with E-state index in [1.165, 1.54) is 0 Å². The van der Waals surface area contributed by atoms with Crippen LogP contribution < -0.4 is 0 Å². The van der Waals surface area contributed by atoms with Crippen molar-refractivity contribution in [3.63, 3.8) is 0 Å².